The molecule has 0 saturated carbocycles. The quantitative estimate of drug-likeness (QED) is 0.339. The lowest BCUT2D eigenvalue weighted by Gasteiger charge is -2.27. The number of fused-ring (bicyclic) bond motifs is 1. The number of hydrogen-bond acceptors (Lipinski definition) is 7. The number of aliphatic hydroxyl groups excluding tert-OH is 1. The van der Waals surface area contributed by atoms with E-state index in [0.29, 0.717) is 53.0 Å². The average molecular weight is 473 g/mol. The lowest BCUT2D eigenvalue weighted by Crippen LogP contribution is -2.29. The van der Waals surface area contributed by atoms with Crippen molar-refractivity contribution >= 4 is 23.1 Å². The number of amides is 1. The Morgan fingerprint density at radius 3 is 2.31 bits per heavy atom. The first-order valence-electron chi connectivity index (χ1n) is 11.0. The predicted octanol–water partition coefficient (Wildman–Crippen LogP) is 4.10. The minimum atomic E-state index is -0.880. The second kappa shape index (κ2) is 9.06. The summed E-state index contributed by atoms with van der Waals surface area (Å²) in [4.78, 5) is 28.1. The lowest BCUT2D eigenvalue weighted by molar-refractivity contribution is -0.132. The van der Waals surface area contributed by atoms with Crippen LogP contribution < -0.4 is 23.8 Å². The molecular formula is C27H23NO7. The summed E-state index contributed by atoms with van der Waals surface area (Å²) in [6.07, 6.45) is 0. The first-order chi connectivity index (χ1) is 17.0. The number of carbonyl (C=O) groups is 2. The molecule has 1 amide bonds. The van der Waals surface area contributed by atoms with Crippen LogP contribution in [-0.4, -0.2) is 44.2 Å². The summed E-state index contributed by atoms with van der Waals surface area (Å²) in [5, 5.41) is 11.3. The first kappa shape index (κ1) is 22.3. The average Bonchev–Trinajstić information content (AvgIpc) is 3.18. The van der Waals surface area contributed by atoms with Gasteiger partial charge in [0.2, 0.25) is 0 Å². The van der Waals surface area contributed by atoms with Crippen LogP contribution in [0.5, 0.6) is 23.0 Å². The van der Waals surface area contributed by atoms with Crippen LogP contribution in [0, 0.1) is 0 Å². The van der Waals surface area contributed by atoms with Gasteiger partial charge in [-0.25, -0.2) is 0 Å². The fourth-order valence-electron chi connectivity index (χ4n) is 4.31. The molecule has 8 nitrogen and oxygen atoms in total. The van der Waals surface area contributed by atoms with Crippen molar-refractivity contribution in [1.29, 1.82) is 0 Å². The number of ether oxygens (including phenoxy) is 4. The Hall–Kier alpha value is -4.46. The number of methoxy groups -OCH3 is 2. The van der Waals surface area contributed by atoms with Gasteiger partial charge >= 0.3 is 0 Å². The maximum Gasteiger partial charge on any atom is 0.300 e. The van der Waals surface area contributed by atoms with Crippen molar-refractivity contribution < 1.29 is 33.6 Å². The number of carbonyl (C=O) groups excluding carboxylic acids is 2. The van der Waals surface area contributed by atoms with Gasteiger partial charge in [-0.3, -0.25) is 14.5 Å². The molecule has 5 rings (SSSR count). The molecule has 0 bridgehead atoms. The summed E-state index contributed by atoms with van der Waals surface area (Å²) in [6, 6.07) is 17.9. The molecule has 1 N–H and O–H groups in total. The molecule has 0 radical (unpaired) electrons. The van der Waals surface area contributed by atoms with Crippen molar-refractivity contribution in [3.63, 3.8) is 0 Å². The number of nitrogens with zero attached hydrogens (tertiary/aromatic N) is 1. The third-order valence-corrected chi connectivity index (χ3v) is 6.02. The Balaban J connectivity index is 1.69. The van der Waals surface area contributed by atoms with Crippen molar-refractivity contribution in [3.8, 4) is 23.0 Å². The molecule has 1 fully saturated rings. The Kier molecular flexibility index (Phi) is 5.78. The Bertz CT molecular complexity index is 1330. The third kappa shape index (κ3) is 3.93. The van der Waals surface area contributed by atoms with Crippen LogP contribution in [0.4, 0.5) is 5.69 Å². The van der Waals surface area contributed by atoms with Crippen molar-refractivity contribution in [2.24, 2.45) is 0 Å². The highest BCUT2D eigenvalue weighted by Crippen LogP contribution is 2.44. The maximum atomic E-state index is 13.4. The van der Waals surface area contributed by atoms with Crippen LogP contribution in [0.15, 0.2) is 72.3 Å². The predicted molar refractivity (Wildman–Crippen MR) is 128 cm³/mol. The zero-order valence-electron chi connectivity index (χ0n) is 19.2. The van der Waals surface area contributed by atoms with Crippen LogP contribution in [0.1, 0.15) is 17.2 Å². The number of benzene rings is 3. The molecule has 35 heavy (non-hydrogen) atoms. The van der Waals surface area contributed by atoms with Gasteiger partial charge in [-0.05, 0) is 42.0 Å². The number of aliphatic hydroxyl groups is 1. The van der Waals surface area contributed by atoms with E-state index in [-0.39, 0.29) is 11.3 Å². The molecular weight excluding hydrogens is 450 g/mol. The minimum Gasteiger partial charge on any atom is -0.507 e. The van der Waals surface area contributed by atoms with E-state index in [2.05, 4.69) is 0 Å². The molecule has 1 saturated heterocycles. The first-order valence-corrected chi connectivity index (χ1v) is 11.0. The monoisotopic (exact) mass is 473 g/mol. The highest BCUT2D eigenvalue weighted by molar-refractivity contribution is 6.51. The zero-order valence-corrected chi connectivity index (χ0v) is 19.2. The van der Waals surface area contributed by atoms with Crippen LogP contribution in [-0.2, 0) is 9.59 Å². The molecule has 0 aromatic heterocycles. The number of Topliss-reactive ketones (excluding diaryl/α,β-unsaturated/α-hetero) is 1. The second-order valence-corrected chi connectivity index (χ2v) is 8.00. The number of rotatable bonds is 5. The van der Waals surface area contributed by atoms with Crippen molar-refractivity contribution in [2.45, 2.75) is 6.04 Å². The molecule has 2 aliphatic rings. The third-order valence-electron chi connectivity index (χ3n) is 6.02. The smallest absolute Gasteiger partial charge is 0.300 e. The lowest BCUT2D eigenvalue weighted by atomic mass is 9.95. The van der Waals surface area contributed by atoms with Gasteiger partial charge in [0, 0.05) is 17.3 Å². The Morgan fingerprint density at radius 1 is 0.886 bits per heavy atom. The van der Waals surface area contributed by atoms with Crippen LogP contribution in [0.25, 0.3) is 5.76 Å². The van der Waals surface area contributed by atoms with Gasteiger partial charge in [0.25, 0.3) is 11.7 Å². The summed E-state index contributed by atoms with van der Waals surface area (Å²) < 4.78 is 21.8. The molecule has 1 unspecified atom stereocenters. The molecule has 2 aliphatic heterocycles. The highest BCUT2D eigenvalue weighted by atomic mass is 16.6. The van der Waals surface area contributed by atoms with Gasteiger partial charge in [0.1, 0.15) is 30.5 Å². The number of hydrogen-bond donors (Lipinski definition) is 1. The summed E-state index contributed by atoms with van der Waals surface area (Å²) in [5.74, 6) is 0.343. The summed E-state index contributed by atoms with van der Waals surface area (Å²) in [6.45, 7) is 0.816. The van der Waals surface area contributed by atoms with E-state index >= 15 is 0 Å². The van der Waals surface area contributed by atoms with E-state index < -0.39 is 17.7 Å². The fraction of sp³-hybridized carbons (Fsp3) is 0.185. The van der Waals surface area contributed by atoms with E-state index in [1.807, 2.05) is 0 Å². The molecule has 3 aromatic carbocycles. The van der Waals surface area contributed by atoms with E-state index in [1.54, 1.807) is 73.8 Å². The van der Waals surface area contributed by atoms with Crippen LogP contribution in [0.3, 0.4) is 0 Å². The Labute approximate surface area is 201 Å². The van der Waals surface area contributed by atoms with E-state index in [0.717, 1.165) is 0 Å². The topological polar surface area (TPSA) is 94.5 Å². The summed E-state index contributed by atoms with van der Waals surface area (Å²) >= 11 is 0. The Morgan fingerprint density at radius 2 is 1.60 bits per heavy atom. The zero-order chi connectivity index (χ0) is 24.5. The second-order valence-electron chi connectivity index (χ2n) is 8.00. The molecule has 0 aliphatic carbocycles. The molecule has 8 heteroatoms. The van der Waals surface area contributed by atoms with Gasteiger partial charge in [0.05, 0.1) is 25.8 Å². The maximum absolute atomic E-state index is 13.4. The van der Waals surface area contributed by atoms with Gasteiger partial charge < -0.3 is 24.1 Å². The van der Waals surface area contributed by atoms with Crippen LogP contribution in [0.2, 0.25) is 0 Å². The molecule has 0 spiro atoms. The van der Waals surface area contributed by atoms with Gasteiger partial charge in [-0.2, -0.15) is 0 Å². The summed E-state index contributed by atoms with van der Waals surface area (Å²) in [7, 11) is 3.07. The van der Waals surface area contributed by atoms with Crippen LogP contribution >= 0.6 is 0 Å². The standard InChI is InChI=1S/C27H23NO7/c1-32-19-9-6-16(7-10-19)24-23(25(29)17-4-3-5-20(14-17)33-2)26(30)27(31)28(24)18-8-11-21-22(15-18)35-13-12-34-21/h3-11,14-15,24,29H,12-13H2,1-2H3/b25-23+. The van der Waals surface area contributed by atoms with Gasteiger partial charge in [-0.15, -0.1) is 0 Å². The molecule has 3 aromatic rings. The molecule has 178 valence electrons. The van der Waals surface area contributed by atoms with E-state index in [1.165, 1.54) is 12.0 Å². The number of ketones is 1. The summed E-state index contributed by atoms with van der Waals surface area (Å²) in [5.41, 5.74) is 1.41. The SMILES string of the molecule is COc1ccc(C2/C(=C(\O)c3cccc(OC)c3)C(=O)C(=O)N2c2ccc3c(c2)OCCO3)cc1. The van der Waals surface area contributed by atoms with Crippen molar-refractivity contribution in [1.82, 2.24) is 0 Å². The normalized spacial score (nSPS) is 18.5. The molecule has 1 atom stereocenters. The molecule has 2 heterocycles. The highest BCUT2D eigenvalue weighted by Gasteiger charge is 2.47. The van der Waals surface area contributed by atoms with Crippen molar-refractivity contribution in [3.05, 3.63) is 83.4 Å². The van der Waals surface area contributed by atoms with Crippen molar-refractivity contribution in [2.75, 3.05) is 32.3 Å². The van der Waals surface area contributed by atoms with E-state index in [4.69, 9.17) is 18.9 Å². The fourth-order valence-corrected chi connectivity index (χ4v) is 4.31. The van der Waals surface area contributed by atoms with Gasteiger partial charge in [-0.1, -0.05) is 24.3 Å². The minimum absolute atomic E-state index is 0.0247. The van der Waals surface area contributed by atoms with E-state index in [9.17, 15) is 14.7 Å². The van der Waals surface area contributed by atoms with Gasteiger partial charge in [0.15, 0.2) is 11.5 Å². The number of anilines is 1. The largest absolute Gasteiger partial charge is 0.507 e.